The van der Waals surface area contributed by atoms with E-state index in [1.54, 1.807) is 64.6 Å². The van der Waals surface area contributed by atoms with Gasteiger partial charge in [-0.3, -0.25) is 0 Å². The van der Waals surface area contributed by atoms with E-state index in [4.69, 9.17) is 9.47 Å². The first kappa shape index (κ1) is 23.4. The largest absolute Gasteiger partial charge is 0.497 e. The maximum absolute atomic E-state index is 13.0. The highest BCUT2D eigenvalue weighted by Crippen LogP contribution is 2.27. The van der Waals surface area contributed by atoms with Crippen LogP contribution in [-0.2, 0) is 4.74 Å². The van der Waals surface area contributed by atoms with Crippen molar-refractivity contribution in [2.75, 3.05) is 37.6 Å². The molecule has 0 aliphatic rings. The van der Waals surface area contributed by atoms with Crippen molar-refractivity contribution >= 4 is 23.5 Å². The summed E-state index contributed by atoms with van der Waals surface area (Å²) >= 11 is 0. The lowest BCUT2D eigenvalue weighted by Crippen LogP contribution is -2.40. The van der Waals surface area contributed by atoms with Crippen LogP contribution in [0.2, 0.25) is 0 Å². The van der Waals surface area contributed by atoms with E-state index < -0.39 is 5.60 Å². The van der Waals surface area contributed by atoms with Crippen molar-refractivity contribution in [3.05, 3.63) is 36.5 Å². The van der Waals surface area contributed by atoms with Crippen LogP contribution in [0.5, 0.6) is 5.75 Å². The smallest absolute Gasteiger partial charge is 0.327 e. The summed E-state index contributed by atoms with van der Waals surface area (Å²) in [4.78, 5) is 23.1. The topological polar surface area (TPSA) is 109 Å². The van der Waals surface area contributed by atoms with Crippen LogP contribution in [0, 0.1) is 0 Å². The number of nitrogens with zero attached hydrogens (tertiary/aromatic N) is 3. The van der Waals surface area contributed by atoms with E-state index in [1.807, 2.05) is 6.92 Å². The number of benzene rings is 1. The van der Waals surface area contributed by atoms with Crippen LogP contribution in [-0.4, -0.2) is 60.1 Å². The SMILES string of the molecule is COCCCNC(=O)N(c1ccc(OC)cc1)c1ccnc(NC(C)C(C)(C)O)n1. The lowest BCUT2D eigenvalue weighted by Gasteiger charge is -2.27. The molecule has 30 heavy (non-hydrogen) atoms. The van der Waals surface area contributed by atoms with Crippen molar-refractivity contribution in [1.82, 2.24) is 15.3 Å². The van der Waals surface area contributed by atoms with Gasteiger partial charge < -0.3 is 25.2 Å². The van der Waals surface area contributed by atoms with Gasteiger partial charge in [0.25, 0.3) is 0 Å². The molecule has 1 heterocycles. The van der Waals surface area contributed by atoms with E-state index in [-0.39, 0.29) is 12.1 Å². The third-order valence-corrected chi connectivity index (χ3v) is 4.61. The first-order valence-electron chi connectivity index (χ1n) is 9.79. The Labute approximate surface area is 177 Å². The Balaban J connectivity index is 2.31. The van der Waals surface area contributed by atoms with Crippen LogP contribution in [0.15, 0.2) is 36.5 Å². The lowest BCUT2D eigenvalue weighted by atomic mass is 10.0. The highest BCUT2D eigenvalue weighted by Gasteiger charge is 2.24. The molecule has 0 saturated carbocycles. The number of ether oxygens (including phenoxy) is 2. The van der Waals surface area contributed by atoms with E-state index in [1.165, 1.54) is 4.90 Å². The number of hydrogen-bond acceptors (Lipinski definition) is 7. The Morgan fingerprint density at radius 2 is 1.93 bits per heavy atom. The molecule has 1 aromatic carbocycles. The van der Waals surface area contributed by atoms with Crippen LogP contribution >= 0.6 is 0 Å². The average molecular weight is 418 g/mol. The molecule has 0 saturated heterocycles. The first-order valence-corrected chi connectivity index (χ1v) is 9.79. The average Bonchev–Trinajstić information content (AvgIpc) is 2.71. The number of amides is 2. The molecule has 0 bridgehead atoms. The number of aromatic nitrogens is 2. The number of aliphatic hydroxyl groups is 1. The Hall–Kier alpha value is -2.91. The molecule has 2 rings (SSSR count). The predicted molar refractivity (Wildman–Crippen MR) is 116 cm³/mol. The van der Waals surface area contributed by atoms with Gasteiger partial charge >= 0.3 is 6.03 Å². The molecule has 0 fully saturated rings. The molecule has 0 spiro atoms. The summed E-state index contributed by atoms with van der Waals surface area (Å²) in [5.41, 5.74) is -0.339. The maximum Gasteiger partial charge on any atom is 0.327 e. The van der Waals surface area contributed by atoms with Gasteiger partial charge in [0.1, 0.15) is 11.6 Å². The number of hydrogen-bond donors (Lipinski definition) is 3. The van der Waals surface area contributed by atoms with Crippen LogP contribution in [0.4, 0.5) is 22.2 Å². The van der Waals surface area contributed by atoms with Crippen LogP contribution in [0.1, 0.15) is 27.2 Å². The van der Waals surface area contributed by atoms with E-state index in [2.05, 4.69) is 20.6 Å². The molecule has 0 radical (unpaired) electrons. The molecule has 2 amide bonds. The van der Waals surface area contributed by atoms with E-state index in [0.29, 0.717) is 42.8 Å². The zero-order chi connectivity index (χ0) is 22.1. The van der Waals surface area contributed by atoms with Gasteiger partial charge in [-0.05, 0) is 51.5 Å². The van der Waals surface area contributed by atoms with Gasteiger partial charge in [0, 0.05) is 32.5 Å². The first-order chi connectivity index (χ1) is 14.3. The van der Waals surface area contributed by atoms with Crippen molar-refractivity contribution < 1.29 is 19.4 Å². The zero-order valence-electron chi connectivity index (χ0n) is 18.2. The van der Waals surface area contributed by atoms with Crippen molar-refractivity contribution in [3.63, 3.8) is 0 Å². The normalized spacial score (nSPS) is 12.2. The molecule has 1 unspecified atom stereocenters. The minimum Gasteiger partial charge on any atom is -0.497 e. The minimum atomic E-state index is -0.965. The highest BCUT2D eigenvalue weighted by molar-refractivity contribution is 5.98. The lowest BCUT2D eigenvalue weighted by molar-refractivity contribution is 0.0646. The third-order valence-electron chi connectivity index (χ3n) is 4.61. The molecule has 1 atom stereocenters. The maximum atomic E-state index is 13.0. The number of rotatable bonds is 10. The second-order valence-electron chi connectivity index (χ2n) is 7.37. The third kappa shape index (κ3) is 6.57. The Bertz CT molecular complexity index is 808. The molecule has 1 aromatic heterocycles. The summed E-state index contributed by atoms with van der Waals surface area (Å²) in [6.45, 7) is 6.25. The molecule has 3 N–H and O–H groups in total. The summed E-state index contributed by atoms with van der Waals surface area (Å²) in [6.07, 6.45) is 2.26. The molecular weight excluding hydrogens is 386 g/mol. The fourth-order valence-corrected chi connectivity index (χ4v) is 2.49. The summed E-state index contributed by atoms with van der Waals surface area (Å²) in [7, 11) is 3.21. The summed E-state index contributed by atoms with van der Waals surface area (Å²) in [5, 5.41) is 16.1. The summed E-state index contributed by atoms with van der Waals surface area (Å²) < 4.78 is 10.2. The van der Waals surface area contributed by atoms with Crippen molar-refractivity contribution in [1.29, 1.82) is 0 Å². The predicted octanol–water partition coefficient (Wildman–Crippen LogP) is 2.94. The Morgan fingerprint density at radius 1 is 1.23 bits per heavy atom. The van der Waals surface area contributed by atoms with Crippen LogP contribution in [0.3, 0.4) is 0 Å². The number of carbonyl (C=O) groups excluding carboxylic acids is 1. The molecule has 0 aliphatic heterocycles. The molecule has 0 aliphatic carbocycles. The van der Waals surface area contributed by atoms with Crippen molar-refractivity contribution in [2.45, 2.75) is 38.8 Å². The standard InChI is InChI=1S/C21H31N5O4/c1-15(21(2,3)28)24-19-22-13-11-18(25-19)26(20(27)23-12-6-14-29-4)16-7-9-17(30-5)10-8-16/h7-11,13,15,28H,6,12,14H2,1-5H3,(H,23,27)(H,22,24,25). The monoisotopic (exact) mass is 417 g/mol. The van der Waals surface area contributed by atoms with Gasteiger partial charge in [-0.25, -0.2) is 14.7 Å². The van der Waals surface area contributed by atoms with Gasteiger partial charge in [-0.2, -0.15) is 4.98 Å². The van der Waals surface area contributed by atoms with Crippen LogP contribution < -0.4 is 20.3 Å². The Kier molecular flexibility index (Phi) is 8.37. The van der Waals surface area contributed by atoms with E-state index in [9.17, 15) is 9.90 Å². The van der Waals surface area contributed by atoms with Crippen molar-refractivity contribution in [2.24, 2.45) is 0 Å². The molecule has 9 heteroatoms. The van der Waals surface area contributed by atoms with Gasteiger partial charge in [0.2, 0.25) is 5.95 Å². The fourth-order valence-electron chi connectivity index (χ4n) is 2.49. The molecule has 164 valence electrons. The number of urea groups is 1. The Morgan fingerprint density at radius 3 is 2.53 bits per heavy atom. The second kappa shape index (κ2) is 10.7. The minimum absolute atomic E-state index is 0.301. The van der Waals surface area contributed by atoms with E-state index >= 15 is 0 Å². The quantitative estimate of drug-likeness (QED) is 0.510. The molecule has 2 aromatic rings. The highest BCUT2D eigenvalue weighted by atomic mass is 16.5. The number of anilines is 3. The van der Waals surface area contributed by atoms with Gasteiger partial charge in [-0.15, -0.1) is 0 Å². The van der Waals surface area contributed by atoms with Gasteiger partial charge in [0.05, 0.1) is 24.4 Å². The zero-order valence-corrected chi connectivity index (χ0v) is 18.2. The van der Waals surface area contributed by atoms with Crippen molar-refractivity contribution in [3.8, 4) is 5.75 Å². The van der Waals surface area contributed by atoms with Crippen LogP contribution in [0.25, 0.3) is 0 Å². The van der Waals surface area contributed by atoms with Gasteiger partial charge in [0.15, 0.2) is 0 Å². The summed E-state index contributed by atoms with van der Waals surface area (Å²) in [6, 6.07) is 8.14. The molecular formula is C21H31N5O4. The number of nitrogens with one attached hydrogen (secondary N) is 2. The summed E-state index contributed by atoms with van der Waals surface area (Å²) in [5.74, 6) is 1.39. The fraction of sp³-hybridized carbons (Fsp3) is 0.476. The number of carbonyl (C=O) groups is 1. The van der Waals surface area contributed by atoms with Gasteiger partial charge in [-0.1, -0.05) is 0 Å². The number of methoxy groups -OCH3 is 2. The van der Waals surface area contributed by atoms with E-state index in [0.717, 1.165) is 0 Å². The molecule has 9 nitrogen and oxygen atoms in total. The second-order valence-corrected chi connectivity index (χ2v) is 7.37.